The average molecular weight is 369 g/mol. The molecule has 0 saturated heterocycles. The molecule has 0 fully saturated rings. The summed E-state index contributed by atoms with van der Waals surface area (Å²) in [6.07, 6.45) is 2.73. The molecule has 0 radical (unpaired) electrons. The van der Waals surface area contributed by atoms with Crippen molar-refractivity contribution in [2.75, 3.05) is 11.6 Å². The van der Waals surface area contributed by atoms with Crippen LogP contribution in [0.2, 0.25) is 0 Å². The normalized spacial score (nSPS) is 11.2. The van der Waals surface area contributed by atoms with E-state index in [-0.39, 0.29) is 10.8 Å². The van der Waals surface area contributed by atoms with Gasteiger partial charge in [0, 0.05) is 22.5 Å². The molecule has 0 atom stereocenters. The van der Waals surface area contributed by atoms with Crippen LogP contribution in [0.5, 0.6) is 0 Å². The molecule has 2 aromatic rings. The first kappa shape index (κ1) is 15.7. The summed E-state index contributed by atoms with van der Waals surface area (Å²) in [5.41, 5.74) is 1.32. The Morgan fingerprint density at radius 1 is 1.24 bits per heavy atom. The van der Waals surface area contributed by atoms with E-state index >= 15 is 0 Å². The molecule has 21 heavy (non-hydrogen) atoms. The lowest BCUT2D eigenvalue weighted by atomic mass is 10.2. The summed E-state index contributed by atoms with van der Waals surface area (Å²) in [5.74, 6) is 0.0946. The highest BCUT2D eigenvalue weighted by molar-refractivity contribution is 9.10. The summed E-state index contributed by atoms with van der Waals surface area (Å²) in [6, 6.07) is 7.50. The Hall–Kier alpha value is -1.73. The highest BCUT2D eigenvalue weighted by Gasteiger charge is 2.11. The van der Waals surface area contributed by atoms with Gasteiger partial charge in [0.1, 0.15) is 5.82 Å². The molecule has 0 unspecified atom stereocenters. The highest BCUT2D eigenvalue weighted by atomic mass is 79.9. The van der Waals surface area contributed by atoms with Crippen LogP contribution in [-0.2, 0) is 9.84 Å². The molecule has 5 nitrogen and oxygen atoms in total. The van der Waals surface area contributed by atoms with Crippen molar-refractivity contribution >= 4 is 37.5 Å². The number of hydrogen-bond acceptors (Lipinski definition) is 4. The fraction of sp³-hybridized carbons (Fsp3) is 0.143. The van der Waals surface area contributed by atoms with E-state index in [2.05, 4.69) is 26.2 Å². The number of hydrogen-bond donors (Lipinski definition) is 1. The Bertz CT molecular complexity index is 786. The molecule has 0 aliphatic heterocycles. The Morgan fingerprint density at radius 3 is 2.38 bits per heavy atom. The zero-order valence-corrected chi connectivity index (χ0v) is 13.8. The minimum atomic E-state index is -3.26. The van der Waals surface area contributed by atoms with Crippen LogP contribution in [-0.4, -0.2) is 25.6 Å². The molecule has 0 spiro atoms. The monoisotopic (exact) mass is 368 g/mol. The van der Waals surface area contributed by atoms with Gasteiger partial charge in [-0.3, -0.25) is 4.79 Å². The maximum Gasteiger partial charge on any atom is 0.256 e. The van der Waals surface area contributed by atoms with Gasteiger partial charge in [0.2, 0.25) is 0 Å². The number of nitrogens with one attached hydrogen (secondary N) is 1. The number of nitrogens with zero attached hydrogens (tertiary/aromatic N) is 1. The van der Waals surface area contributed by atoms with Crippen molar-refractivity contribution in [3.63, 3.8) is 0 Å². The van der Waals surface area contributed by atoms with E-state index in [4.69, 9.17) is 0 Å². The second-order valence-electron chi connectivity index (χ2n) is 4.57. The molecular weight excluding hydrogens is 356 g/mol. The Labute approximate surface area is 131 Å². The number of amides is 1. The van der Waals surface area contributed by atoms with Gasteiger partial charge in [0.25, 0.3) is 5.91 Å². The van der Waals surface area contributed by atoms with Crippen molar-refractivity contribution in [2.24, 2.45) is 0 Å². The molecule has 110 valence electrons. The first-order valence-electron chi connectivity index (χ1n) is 6.01. The molecule has 0 aliphatic carbocycles. The number of rotatable bonds is 3. The predicted molar refractivity (Wildman–Crippen MR) is 84.2 cm³/mol. The molecule has 1 amide bonds. The largest absolute Gasteiger partial charge is 0.307 e. The standard InChI is InChI=1S/C14H13BrN2O3S/c1-9-7-13(16-8-12(9)15)17-14(18)10-3-5-11(6-4-10)21(2,19)20/h3-8H,1-2H3,(H,16,17,18). The van der Waals surface area contributed by atoms with Gasteiger partial charge in [0.05, 0.1) is 4.90 Å². The van der Waals surface area contributed by atoms with Gasteiger partial charge in [-0.25, -0.2) is 13.4 Å². The number of aromatic nitrogens is 1. The SMILES string of the molecule is Cc1cc(NC(=O)c2ccc(S(C)(=O)=O)cc2)ncc1Br. The van der Waals surface area contributed by atoms with Crippen LogP contribution in [0.1, 0.15) is 15.9 Å². The van der Waals surface area contributed by atoms with Crippen LogP contribution in [0.3, 0.4) is 0 Å². The molecule has 2 rings (SSSR count). The number of halogens is 1. The van der Waals surface area contributed by atoms with Crippen LogP contribution in [0.4, 0.5) is 5.82 Å². The Kier molecular flexibility index (Phi) is 4.43. The molecular formula is C14H13BrN2O3S. The lowest BCUT2D eigenvalue weighted by Gasteiger charge is -2.06. The molecule has 1 aromatic carbocycles. The first-order chi connectivity index (χ1) is 9.77. The van der Waals surface area contributed by atoms with Crippen LogP contribution >= 0.6 is 15.9 Å². The Morgan fingerprint density at radius 2 is 1.86 bits per heavy atom. The number of pyridine rings is 1. The number of benzene rings is 1. The summed E-state index contributed by atoms with van der Waals surface area (Å²) in [6.45, 7) is 1.89. The topological polar surface area (TPSA) is 76.1 Å². The predicted octanol–water partition coefficient (Wildman–Crippen LogP) is 2.81. The van der Waals surface area contributed by atoms with E-state index in [1.807, 2.05) is 6.92 Å². The average Bonchev–Trinajstić information content (AvgIpc) is 2.42. The van der Waals surface area contributed by atoms with Crippen LogP contribution in [0.15, 0.2) is 45.9 Å². The van der Waals surface area contributed by atoms with Crippen molar-refractivity contribution in [3.8, 4) is 0 Å². The maximum atomic E-state index is 12.1. The third-order valence-electron chi connectivity index (χ3n) is 2.83. The van der Waals surface area contributed by atoms with E-state index in [1.54, 1.807) is 12.3 Å². The first-order valence-corrected chi connectivity index (χ1v) is 8.69. The fourth-order valence-electron chi connectivity index (χ4n) is 1.65. The second-order valence-corrected chi connectivity index (χ2v) is 7.44. The van der Waals surface area contributed by atoms with Crippen molar-refractivity contribution in [3.05, 3.63) is 52.1 Å². The maximum absolute atomic E-state index is 12.1. The van der Waals surface area contributed by atoms with Crippen molar-refractivity contribution < 1.29 is 13.2 Å². The third-order valence-corrected chi connectivity index (χ3v) is 4.79. The van der Waals surface area contributed by atoms with Gasteiger partial charge in [-0.1, -0.05) is 0 Å². The van der Waals surface area contributed by atoms with E-state index in [0.29, 0.717) is 11.4 Å². The summed E-state index contributed by atoms with van der Waals surface area (Å²) in [4.78, 5) is 16.3. The van der Waals surface area contributed by atoms with E-state index in [9.17, 15) is 13.2 Å². The van der Waals surface area contributed by atoms with Crippen LogP contribution in [0, 0.1) is 6.92 Å². The van der Waals surface area contributed by atoms with E-state index in [0.717, 1.165) is 16.3 Å². The summed E-state index contributed by atoms with van der Waals surface area (Å²) in [5, 5.41) is 2.66. The van der Waals surface area contributed by atoms with Gasteiger partial charge in [-0.05, 0) is 58.7 Å². The smallest absolute Gasteiger partial charge is 0.256 e. The van der Waals surface area contributed by atoms with Gasteiger partial charge >= 0.3 is 0 Å². The molecule has 1 aromatic heterocycles. The van der Waals surface area contributed by atoms with E-state index in [1.165, 1.54) is 24.3 Å². The second kappa shape index (κ2) is 5.95. The Balaban J connectivity index is 2.18. The van der Waals surface area contributed by atoms with E-state index < -0.39 is 9.84 Å². The van der Waals surface area contributed by atoms with Gasteiger partial charge in [-0.2, -0.15) is 0 Å². The zero-order valence-electron chi connectivity index (χ0n) is 11.4. The quantitative estimate of drug-likeness (QED) is 0.903. The molecule has 1 N–H and O–H groups in total. The van der Waals surface area contributed by atoms with Crippen molar-refractivity contribution in [1.82, 2.24) is 4.98 Å². The highest BCUT2D eigenvalue weighted by Crippen LogP contribution is 2.18. The fourth-order valence-corrected chi connectivity index (χ4v) is 2.50. The van der Waals surface area contributed by atoms with Crippen LogP contribution < -0.4 is 5.32 Å². The summed E-state index contributed by atoms with van der Waals surface area (Å²) < 4.78 is 23.6. The number of aryl methyl sites for hydroxylation is 1. The summed E-state index contributed by atoms with van der Waals surface area (Å²) in [7, 11) is -3.26. The van der Waals surface area contributed by atoms with Gasteiger partial charge in [0.15, 0.2) is 9.84 Å². The number of anilines is 1. The molecule has 1 heterocycles. The van der Waals surface area contributed by atoms with Crippen molar-refractivity contribution in [1.29, 1.82) is 0 Å². The molecule has 0 bridgehead atoms. The zero-order chi connectivity index (χ0) is 15.6. The third kappa shape index (κ3) is 3.89. The summed E-state index contributed by atoms with van der Waals surface area (Å²) >= 11 is 3.33. The van der Waals surface area contributed by atoms with Crippen molar-refractivity contribution in [2.45, 2.75) is 11.8 Å². The lowest BCUT2D eigenvalue weighted by molar-refractivity contribution is 0.102. The minimum absolute atomic E-state index is 0.177. The number of sulfone groups is 1. The minimum Gasteiger partial charge on any atom is -0.307 e. The van der Waals surface area contributed by atoms with Crippen LogP contribution in [0.25, 0.3) is 0 Å². The molecule has 0 saturated carbocycles. The van der Waals surface area contributed by atoms with Gasteiger partial charge in [-0.15, -0.1) is 0 Å². The molecule has 0 aliphatic rings. The van der Waals surface area contributed by atoms with Gasteiger partial charge < -0.3 is 5.32 Å². The number of carbonyl (C=O) groups excluding carboxylic acids is 1. The number of carbonyl (C=O) groups is 1. The lowest BCUT2D eigenvalue weighted by Crippen LogP contribution is -2.13. The molecule has 7 heteroatoms.